The Kier molecular flexibility index (Phi) is 5.04. The van der Waals surface area contributed by atoms with Crippen LogP contribution in [0.1, 0.15) is 40.2 Å². The molecule has 6 heteroatoms. The number of amides is 1. The maximum atomic E-state index is 11.7. The fraction of sp³-hybridized carbons (Fsp3) is 0.588. The predicted molar refractivity (Wildman–Crippen MR) is 87.7 cm³/mol. The second-order valence-corrected chi connectivity index (χ2v) is 7.28. The monoisotopic (exact) mass is 322 g/mol. The van der Waals surface area contributed by atoms with Gasteiger partial charge in [-0.15, -0.1) is 0 Å². The summed E-state index contributed by atoms with van der Waals surface area (Å²) in [5, 5.41) is 6.21. The summed E-state index contributed by atoms with van der Waals surface area (Å²) in [7, 11) is 0. The van der Waals surface area contributed by atoms with Crippen LogP contribution in [0.4, 0.5) is 4.79 Å². The quantitative estimate of drug-likeness (QED) is 0.872. The molecule has 1 aromatic carbocycles. The maximum absolute atomic E-state index is 11.7. The third kappa shape index (κ3) is 5.63. The molecule has 0 bridgehead atoms. The Morgan fingerprint density at radius 2 is 1.87 bits per heavy atom. The fourth-order valence-corrected chi connectivity index (χ4v) is 2.06. The van der Waals surface area contributed by atoms with E-state index in [1.807, 2.05) is 52.8 Å². The molecular formula is C17H26N2O4. The number of hydrogen-bond acceptors (Lipinski definition) is 5. The van der Waals surface area contributed by atoms with E-state index in [0.717, 1.165) is 17.1 Å². The molecule has 0 radical (unpaired) electrons. The number of hydrogen-bond donors (Lipinski definition) is 2. The van der Waals surface area contributed by atoms with Crippen LogP contribution < -0.4 is 20.1 Å². The Morgan fingerprint density at radius 3 is 2.57 bits per heavy atom. The number of ether oxygens (including phenoxy) is 3. The predicted octanol–water partition coefficient (Wildman–Crippen LogP) is 2.81. The van der Waals surface area contributed by atoms with Crippen LogP contribution in [0.25, 0.3) is 0 Å². The van der Waals surface area contributed by atoms with E-state index in [-0.39, 0.29) is 12.3 Å². The minimum atomic E-state index is -0.492. The van der Waals surface area contributed by atoms with Crippen LogP contribution in [0.3, 0.4) is 0 Å². The highest BCUT2D eigenvalue weighted by Crippen LogP contribution is 2.32. The van der Waals surface area contributed by atoms with E-state index >= 15 is 0 Å². The standard InChI is InChI=1S/C17H26N2O4/c1-16(2,3)23-15(20)18-10-17(4,5)19-9-12-6-7-13-14(8-12)22-11-21-13/h6-8,19H,9-11H2,1-5H3,(H,18,20). The SMILES string of the molecule is CC(C)(CNC(=O)OC(C)(C)C)NCc1ccc2c(c1)OCO2. The van der Waals surface area contributed by atoms with Gasteiger partial charge in [-0.2, -0.15) is 0 Å². The molecule has 0 atom stereocenters. The molecule has 6 nitrogen and oxygen atoms in total. The molecule has 1 amide bonds. The first-order chi connectivity index (χ1) is 10.6. The van der Waals surface area contributed by atoms with Gasteiger partial charge in [0, 0.05) is 18.6 Å². The number of benzene rings is 1. The van der Waals surface area contributed by atoms with Gasteiger partial charge in [0.05, 0.1) is 0 Å². The normalized spacial score (nSPS) is 13.8. The molecule has 2 rings (SSSR count). The molecule has 0 fully saturated rings. The van der Waals surface area contributed by atoms with Crippen molar-refractivity contribution in [1.82, 2.24) is 10.6 Å². The van der Waals surface area contributed by atoms with Crippen molar-refractivity contribution in [3.63, 3.8) is 0 Å². The zero-order valence-corrected chi connectivity index (χ0v) is 14.5. The van der Waals surface area contributed by atoms with E-state index in [0.29, 0.717) is 13.1 Å². The zero-order chi connectivity index (χ0) is 17.1. The zero-order valence-electron chi connectivity index (χ0n) is 14.5. The van der Waals surface area contributed by atoms with Crippen LogP contribution in [0, 0.1) is 0 Å². The topological polar surface area (TPSA) is 68.8 Å². The molecule has 128 valence electrons. The van der Waals surface area contributed by atoms with E-state index in [1.54, 1.807) is 0 Å². The Labute approximate surface area is 137 Å². The summed E-state index contributed by atoms with van der Waals surface area (Å²) in [5.41, 5.74) is 0.334. The molecule has 0 spiro atoms. The average molecular weight is 322 g/mol. The van der Waals surface area contributed by atoms with Gasteiger partial charge in [-0.1, -0.05) is 6.07 Å². The Morgan fingerprint density at radius 1 is 1.17 bits per heavy atom. The second kappa shape index (κ2) is 6.66. The molecule has 1 aromatic rings. The van der Waals surface area contributed by atoms with Gasteiger partial charge in [0.1, 0.15) is 5.60 Å². The molecule has 1 aliphatic heterocycles. The molecule has 0 saturated carbocycles. The van der Waals surface area contributed by atoms with Gasteiger partial charge in [0.2, 0.25) is 6.79 Å². The van der Waals surface area contributed by atoms with E-state index in [4.69, 9.17) is 14.2 Å². The minimum Gasteiger partial charge on any atom is -0.454 e. The number of nitrogens with one attached hydrogen (secondary N) is 2. The summed E-state index contributed by atoms with van der Waals surface area (Å²) in [5.74, 6) is 1.55. The number of carbonyl (C=O) groups is 1. The lowest BCUT2D eigenvalue weighted by Gasteiger charge is -2.28. The molecule has 0 saturated heterocycles. The van der Waals surface area contributed by atoms with Gasteiger partial charge >= 0.3 is 6.09 Å². The van der Waals surface area contributed by atoms with Crippen LogP contribution in [-0.4, -0.2) is 30.6 Å². The van der Waals surface area contributed by atoms with E-state index < -0.39 is 11.7 Å². The number of rotatable bonds is 5. The van der Waals surface area contributed by atoms with Crippen molar-refractivity contribution >= 4 is 6.09 Å². The van der Waals surface area contributed by atoms with E-state index in [2.05, 4.69) is 10.6 Å². The average Bonchev–Trinajstić information content (AvgIpc) is 2.89. The highest BCUT2D eigenvalue weighted by molar-refractivity contribution is 5.67. The highest BCUT2D eigenvalue weighted by Gasteiger charge is 2.21. The maximum Gasteiger partial charge on any atom is 0.407 e. The van der Waals surface area contributed by atoms with Crippen LogP contribution in [0.15, 0.2) is 18.2 Å². The van der Waals surface area contributed by atoms with Crippen molar-refractivity contribution in [3.8, 4) is 11.5 Å². The minimum absolute atomic E-state index is 0.271. The number of carbonyl (C=O) groups excluding carboxylic acids is 1. The lowest BCUT2D eigenvalue weighted by Crippen LogP contribution is -2.49. The molecular weight excluding hydrogens is 296 g/mol. The van der Waals surface area contributed by atoms with E-state index in [1.165, 1.54) is 0 Å². The van der Waals surface area contributed by atoms with Gasteiger partial charge in [-0.3, -0.25) is 0 Å². The molecule has 0 aliphatic carbocycles. The summed E-state index contributed by atoms with van der Waals surface area (Å²) < 4.78 is 15.9. The first-order valence-electron chi connectivity index (χ1n) is 7.75. The van der Waals surface area contributed by atoms with Gasteiger partial charge < -0.3 is 24.8 Å². The Bertz CT molecular complexity index is 564. The van der Waals surface area contributed by atoms with Crippen molar-refractivity contribution in [2.45, 2.75) is 52.3 Å². The molecule has 0 aromatic heterocycles. The fourth-order valence-electron chi connectivity index (χ4n) is 2.06. The summed E-state index contributed by atoms with van der Waals surface area (Å²) in [4.78, 5) is 11.7. The molecule has 0 unspecified atom stereocenters. The van der Waals surface area contributed by atoms with Crippen molar-refractivity contribution in [2.24, 2.45) is 0 Å². The summed E-state index contributed by atoms with van der Waals surface area (Å²) in [6.45, 7) is 11.0. The van der Waals surface area contributed by atoms with Crippen LogP contribution in [0.5, 0.6) is 11.5 Å². The summed E-state index contributed by atoms with van der Waals surface area (Å²) in [6, 6.07) is 5.87. The van der Waals surface area contributed by atoms with Gasteiger partial charge in [0.15, 0.2) is 11.5 Å². The Balaban J connectivity index is 1.80. The van der Waals surface area contributed by atoms with Gasteiger partial charge in [-0.05, 0) is 52.3 Å². The lowest BCUT2D eigenvalue weighted by molar-refractivity contribution is 0.0513. The highest BCUT2D eigenvalue weighted by atomic mass is 16.7. The molecule has 1 heterocycles. The largest absolute Gasteiger partial charge is 0.454 e. The van der Waals surface area contributed by atoms with Crippen molar-refractivity contribution in [3.05, 3.63) is 23.8 Å². The van der Waals surface area contributed by atoms with Gasteiger partial charge in [0.25, 0.3) is 0 Å². The van der Waals surface area contributed by atoms with E-state index in [9.17, 15) is 4.79 Å². The third-order valence-electron chi connectivity index (χ3n) is 3.28. The van der Waals surface area contributed by atoms with Crippen molar-refractivity contribution < 1.29 is 19.0 Å². The number of alkyl carbamates (subject to hydrolysis) is 1. The lowest BCUT2D eigenvalue weighted by atomic mass is 10.0. The first-order valence-corrected chi connectivity index (χ1v) is 7.75. The third-order valence-corrected chi connectivity index (χ3v) is 3.28. The smallest absolute Gasteiger partial charge is 0.407 e. The van der Waals surface area contributed by atoms with Gasteiger partial charge in [-0.25, -0.2) is 4.79 Å². The molecule has 2 N–H and O–H groups in total. The number of fused-ring (bicyclic) bond motifs is 1. The van der Waals surface area contributed by atoms with Crippen molar-refractivity contribution in [1.29, 1.82) is 0 Å². The van der Waals surface area contributed by atoms with Crippen molar-refractivity contribution in [2.75, 3.05) is 13.3 Å². The first kappa shape index (κ1) is 17.4. The Hall–Kier alpha value is -1.95. The summed E-state index contributed by atoms with van der Waals surface area (Å²) in [6.07, 6.45) is -0.407. The summed E-state index contributed by atoms with van der Waals surface area (Å²) >= 11 is 0. The second-order valence-electron chi connectivity index (χ2n) is 7.28. The van der Waals surface area contributed by atoms with Crippen LogP contribution in [0.2, 0.25) is 0 Å². The molecule has 23 heavy (non-hydrogen) atoms. The molecule has 1 aliphatic rings. The van der Waals surface area contributed by atoms with Crippen LogP contribution in [-0.2, 0) is 11.3 Å². The van der Waals surface area contributed by atoms with Crippen LogP contribution >= 0.6 is 0 Å².